The summed E-state index contributed by atoms with van der Waals surface area (Å²) in [6, 6.07) is 12.5. The molecule has 1 aromatic carbocycles. The van der Waals surface area contributed by atoms with Gasteiger partial charge < -0.3 is 9.73 Å². The fraction of sp³-hybridized carbons (Fsp3) is 0.316. The van der Waals surface area contributed by atoms with E-state index in [-0.39, 0.29) is 16.9 Å². The fourth-order valence-corrected chi connectivity index (χ4v) is 4.38. The maximum Gasteiger partial charge on any atom is 0.335 e. The van der Waals surface area contributed by atoms with Gasteiger partial charge in [-0.15, -0.1) is 16.4 Å². The van der Waals surface area contributed by atoms with E-state index in [1.165, 1.54) is 11.3 Å². The van der Waals surface area contributed by atoms with Crippen LogP contribution in [0.5, 0.6) is 0 Å². The summed E-state index contributed by atoms with van der Waals surface area (Å²) in [5.41, 5.74) is 0.673. The van der Waals surface area contributed by atoms with E-state index in [1.807, 2.05) is 17.5 Å². The Hall–Kier alpha value is -2.52. The Bertz CT molecular complexity index is 983. The average molecular weight is 420 g/mol. The first-order valence-corrected chi connectivity index (χ1v) is 11.5. The van der Waals surface area contributed by atoms with Gasteiger partial charge in [-0.3, -0.25) is 4.79 Å². The predicted molar refractivity (Wildman–Crippen MR) is 106 cm³/mol. The number of rotatable bonds is 10. The highest BCUT2D eigenvalue weighted by atomic mass is 32.2. The van der Waals surface area contributed by atoms with Crippen LogP contribution in [0.2, 0.25) is 0 Å². The van der Waals surface area contributed by atoms with Crippen LogP contribution in [0.3, 0.4) is 0 Å². The zero-order valence-electron chi connectivity index (χ0n) is 15.2. The van der Waals surface area contributed by atoms with Crippen LogP contribution in [0.25, 0.3) is 0 Å². The van der Waals surface area contributed by atoms with E-state index in [1.54, 1.807) is 30.3 Å². The molecule has 0 atom stereocenters. The van der Waals surface area contributed by atoms with Gasteiger partial charge in [-0.1, -0.05) is 47.9 Å². The van der Waals surface area contributed by atoms with Crippen molar-refractivity contribution < 1.29 is 17.6 Å². The highest BCUT2D eigenvalue weighted by molar-refractivity contribution is 7.90. The van der Waals surface area contributed by atoms with E-state index in [2.05, 4.69) is 15.5 Å². The van der Waals surface area contributed by atoms with Crippen molar-refractivity contribution in [2.75, 3.05) is 6.54 Å². The number of carbonyl (C=O) groups is 1. The Kier molecular flexibility index (Phi) is 6.94. The number of unbranched alkanes of at least 4 members (excludes halogenated alkanes) is 2. The lowest BCUT2D eigenvalue weighted by Gasteiger charge is -2.03. The number of nitrogens with one attached hydrogen (secondary N) is 1. The summed E-state index contributed by atoms with van der Waals surface area (Å²) >= 11 is 1.41. The highest BCUT2D eigenvalue weighted by Crippen LogP contribution is 2.16. The van der Waals surface area contributed by atoms with Crippen molar-refractivity contribution >= 4 is 27.1 Å². The second-order valence-electron chi connectivity index (χ2n) is 6.25. The van der Waals surface area contributed by atoms with Crippen molar-refractivity contribution in [2.24, 2.45) is 0 Å². The van der Waals surface area contributed by atoms with Gasteiger partial charge in [-0.25, -0.2) is 8.42 Å². The van der Waals surface area contributed by atoms with Crippen LogP contribution in [-0.2, 0) is 22.0 Å². The number of benzene rings is 1. The number of amides is 1. The summed E-state index contributed by atoms with van der Waals surface area (Å²) in [6.07, 6.45) is 2.96. The van der Waals surface area contributed by atoms with Crippen molar-refractivity contribution in [1.82, 2.24) is 15.5 Å². The molecule has 3 aromatic rings. The van der Waals surface area contributed by atoms with Crippen LogP contribution in [-0.4, -0.2) is 31.1 Å². The molecule has 9 heteroatoms. The molecule has 7 nitrogen and oxygen atoms in total. The normalized spacial score (nSPS) is 11.4. The van der Waals surface area contributed by atoms with Crippen LogP contribution in [0.15, 0.2) is 57.5 Å². The first kappa shape index (κ1) is 20.2. The van der Waals surface area contributed by atoms with Gasteiger partial charge in [0.1, 0.15) is 0 Å². The number of hydrogen-bond acceptors (Lipinski definition) is 7. The van der Waals surface area contributed by atoms with E-state index in [0.717, 1.165) is 19.3 Å². The molecule has 0 unspecified atom stereocenters. The minimum absolute atomic E-state index is 0.0554. The molecule has 0 fully saturated rings. The second kappa shape index (κ2) is 9.61. The topological polar surface area (TPSA) is 102 Å². The SMILES string of the molecule is O=C(NCCCCCc1nnc(S(=O)(=O)Cc2ccccc2)o1)c1cccs1. The fourth-order valence-electron chi connectivity index (χ4n) is 2.60. The van der Waals surface area contributed by atoms with E-state index >= 15 is 0 Å². The Morgan fingerprint density at radius 1 is 1.04 bits per heavy atom. The summed E-state index contributed by atoms with van der Waals surface area (Å²) < 4.78 is 30.0. The molecule has 0 spiro atoms. The van der Waals surface area contributed by atoms with Crippen LogP contribution >= 0.6 is 11.3 Å². The van der Waals surface area contributed by atoms with Crippen LogP contribution in [0.4, 0.5) is 0 Å². The molecular weight excluding hydrogens is 398 g/mol. The maximum atomic E-state index is 12.4. The van der Waals surface area contributed by atoms with Crippen LogP contribution in [0.1, 0.15) is 40.4 Å². The monoisotopic (exact) mass is 419 g/mol. The number of hydrogen-bond donors (Lipinski definition) is 1. The third-order valence-electron chi connectivity index (χ3n) is 4.01. The molecule has 28 heavy (non-hydrogen) atoms. The molecule has 1 N–H and O–H groups in total. The molecule has 0 aliphatic heterocycles. The summed E-state index contributed by atoms with van der Waals surface area (Å²) in [5.74, 6) is 0.0915. The third kappa shape index (κ3) is 5.74. The highest BCUT2D eigenvalue weighted by Gasteiger charge is 2.22. The van der Waals surface area contributed by atoms with Crippen molar-refractivity contribution in [1.29, 1.82) is 0 Å². The number of thiophene rings is 1. The zero-order chi connectivity index (χ0) is 19.8. The number of aromatic nitrogens is 2. The lowest BCUT2D eigenvalue weighted by Crippen LogP contribution is -2.23. The van der Waals surface area contributed by atoms with E-state index in [0.29, 0.717) is 29.3 Å². The first-order chi connectivity index (χ1) is 13.5. The first-order valence-electron chi connectivity index (χ1n) is 8.95. The number of aryl methyl sites for hydroxylation is 1. The summed E-state index contributed by atoms with van der Waals surface area (Å²) in [4.78, 5) is 12.5. The Balaban J connectivity index is 1.39. The van der Waals surface area contributed by atoms with Crippen molar-refractivity contribution in [3.8, 4) is 0 Å². The summed E-state index contributed by atoms with van der Waals surface area (Å²) in [5, 5.41) is 11.9. The maximum absolute atomic E-state index is 12.4. The molecule has 2 heterocycles. The standard InChI is InChI=1S/C19H21N3O4S2/c23-18(16-10-7-13-27-16)20-12-6-2-5-11-17-21-22-19(26-17)28(24,25)14-15-8-3-1-4-9-15/h1,3-4,7-10,13H,2,5-6,11-12,14H2,(H,20,23). The Labute approximate surface area is 167 Å². The lowest BCUT2D eigenvalue weighted by atomic mass is 10.2. The van der Waals surface area contributed by atoms with E-state index < -0.39 is 9.84 Å². The molecule has 0 bridgehead atoms. The molecule has 2 aromatic heterocycles. The van der Waals surface area contributed by atoms with Gasteiger partial charge in [-0.2, -0.15) is 0 Å². The van der Waals surface area contributed by atoms with Gasteiger partial charge >= 0.3 is 5.22 Å². The second-order valence-corrected chi connectivity index (χ2v) is 9.07. The number of nitrogens with zero attached hydrogens (tertiary/aromatic N) is 2. The minimum Gasteiger partial charge on any atom is -0.413 e. The van der Waals surface area contributed by atoms with Crippen LogP contribution < -0.4 is 5.32 Å². The largest absolute Gasteiger partial charge is 0.413 e. The van der Waals surface area contributed by atoms with E-state index in [9.17, 15) is 13.2 Å². The molecule has 0 saturated heterocycles. The molecule has 0 aliphatic rings. The third-order valence-corrected chi connectivity index (χ3v) is 6.29. The number of carbonyl (C=O) groups excluding carboxylic acids is 1. The molecule has 0 aliphatic carbocycles. The average Bonchev–Trinajstić information content (AvgIpc) is 3.37. The van der Waals surface area contributed by atoms with Crippen LogP contribution in [0, 0.1) is 0 Å². The van der Waals surface area contributed by atoms with Gasteiger partial charge in [0.15, 0.2) is 0 Å². The molecule has 3 rings (SSSR count). The molecule has 0 saturated carbocycles. The Morgan fingerprint density at radius 2 is 1.86 bits per heavy atom. The van der Waals surface area contributed by atoms with Gasteiger partial charge in [0, 0.05) is 13.0 Å². The van der Waals surface area contributed by atoms with Gasteiger partial charge in [0.25, 0.3) is 5.91 Å². The van der Waals surface area contributed by atoms with E-state index in [4.69, 9.17) is 4.42 Å². The smallest absolute Gasteiger partial charge is 0.335 e. The Morgan fingerprint density at radius 3 is 2.61 bits per heavy atom. The van der Waals surface area contributed by atoms with Crippen molar-refractivity contribution in [3.05, 3.63) is 64.2 Å². The summed E-state index contributed by atoms with van der Waals surface area (Å²) in [7, 11) is -3.65. The minimum atomic E-state index is -3.65. The lowest BCUT2D eigenvalue weighted by molar-refractivity contribution is 0.0957. The van der Waals surface area contributed by atoms with Crippen molar-refractivity contribution in [2.45, 2.75) is 36.7 Å². The molecular formula is C19H21N3O4S2. The van der Waals surface area contributed by atoms with Crippen molar-refractivity contribution in [3.63, 3.8) is 0 Å². The number of sulfone groups is 1. The quantitative estimate of drug-likeness (QED) is 0.506. The molecule has 148 valence electrons. The molecule has 1 amide bonds. The molecule has 0 radical (unpaired) electrons. The van der Waals surface area contributed by atoms with Gasteiger partial charge in [0.05, 0.1) is 10.6 Å². The summed E-state index contributed by atoms with van der Waals surface area (Å²) in [6.45, 7) is 0.595. The predicted octanol–water partition coefficient (Wildman–Crippen LogP) is 3.25. The zero-order valence-corrected chi connectivity index (χ0v) is 16.8. The van der Waals surface area contributed by atoms with Gasteiger partial charge in [-0.05, 0) is 29.9 Å². The van der Waals surface area contributed by atoms with Gasteiger partial charge in [0.2, 0.25) is 15.7 Å².